The lowest BCUT2D eigenvalue weighted by molar-refractivity contribution is -0.145. The molecule has 0 saturated carbocycles. The Labute approximate surface area is 155 Å². The van der Waals surface area contributed by atoms with E-state index in [2.05, 4.69) is 15.4 Å². The Bertz CT molecular complexity index is 826. The van der Waals surface area contributed by atoms with Gasteiger partial charge in [0.2, 0.25) is 5.91 Å². The summed E-state index contributed by atoms with van der Waals surface area (Å²) in [5, 5.41) is 13.8. The van der Waals surface area contributed by atoms with Gasteiger partial charge in [-0.2, -0.15) is 10.1 Å². The number of carbonyl (C=O) groups is 3. The summed E-state index contributed by atoms with van der Waals surface area (Å²) >= 11 is 0. The SMILES string of the molecule is CC(C(=O)C(=[N+]=[N-])C(=O)OCc1ccccc1)[C@H]1NC(=O)[C@@H]1[C@@H](C)NC#N. The molecule has 2 N–H and O–H groups in total. The van der Waals surface area contributed by atoms with Crippen molar-refractivity contribution in [2.24, 2.45) is 11.8 Å². The van der Waals surface area contributed by atoms with Gasteiger partial charge in [0.05, 0.1) is 12.0 Å². The average molecular weight is 369 g/mol. The molecule has 9 nitrogen and oxygen atoms in total. The van der Waals surface area contributed by atoms with Gasteiger partial charge < -0.3 is 20.9 Å². The zero-order chi connectivity index (χ0) is 20.0. The fourth-order valence-corrected chi connectivity index (χ4v) is 2.94. The van der Waals surface area contributed by atoms with Gasteiger partial charge >= 0.3 is 11.7 Å². The molecule has 0 aromatic heterocycles. The molecule has 1 heterocycles. The Morgan fingerprint density at radius 2 is 2.04 bits per heavy atom. The minimum atomic E-state index is -1.05. The standard InChI is InChI=1S/C18H19N5O4/c1-10(14-13(17(25)22-14)11(2)21-9-19)16(24)15(23-20)18(26)27-8-12-6-4-3-5-7-12/h3-7,10-11,13-14,21H,8H2,1-2H3,(H,22,25)/t10?,11-,13-,14-/m1/s1. The van der Waals surface area contributed by atoms with Crippen LogP contribution in [0.5, 0.6) is 0 Å². The molecule has 0 aliphatic carbocycles. The zero-order valence-corrected chi connectivity index (χ0v) is 14.9. The number of nitrogens with one attached hydrogen (secondary N) is 2. The van der Waals surface area contributed by atoms with Gasteiger partial charge in [-0.3, -0.25) is 9.59 Å². The molecule has 1 aromatic carbocycles. The van der Waals surface area contributed by atoms with Crippen LogP contribution in [0, 0.1) is 23.3 Å². The van der Waals surface area contributed by atoms with Crippen molar-refractivity contribution < 1.29 is 23.9 Å². The molecule has 140 valence electrons. The number of benzene rings is 1. The highest BCUT2D eigenvalue weighted by Crippen LogP contribution is 2.26. The van der Waals surface area contributed by atoms with Crippen LogP contribution >= 0.6 is 0 Å². The third kappa shape index (κ3) is 4.37. The van der Waals surface area contributed by atoms with Gasteiger partial charge in [0, 0.05) is 12.0 Å². The molecule has 1 aliphatic rings. The normalized spacial score (nSPS) is 20.0. The second-order valence-corrected chi connectivity index (χ2v) is 6.27. The molecule has 9 heteroatoms. The van der Waals surface area contributed by atoms with Gasteiger partial charge in [-0.15, -0.1) is 0 Å². The Morgan fingerprint density at radius 3 is 2.59 bits per heavy atom. The molecule has 1 fully saturated rings. The smallest absolute Gasteiger partial charge is 0.441 e. The molecule has 1 unspecified atom stereocenters. The van der Waals surface area contributed by atoms with E-state index < -0.39 is 41.4 Å². The predicted molar refractivity (Wildman–Crippen MR) is 92.7 cm³/mol. The van der Waals surface area contributed by atoms with E-state index >= 15 is 0 Å². The van der Waals surface area contributed by atoms with E-state index in [-0.39, 0.29) is 12.5 Å². The highest BCUT2D eigenvalue weighted by atomic mass is 16.5. The lowest BCUT2D eigenvalue weighted by atomic mass is 9.75. The largest absolute Gasteiger partial charge is 0.452 e. The monoisotopic (exact) mass is 369 g/mol. The first-order chi connectivity index (χ1) is 12.9. The van der Waals surface area contributed by atoms with Crippen molar-refractivity contribution in [2.45, 2.75) is 32.5 Å². The Balaban J connectivity index is 2.03. The number of nitrogens with zero attached hydrogens (tertiary/aromatic N) is 3. The maximum atomic E-state index is 12.6. The number of β-lactam (4-membered cyclic amide) rings is 1. The molecule has 27 heavy (non-hydrogen) atoms. The minimum absolute atomic E-state index is 0.0771. The van der Waals surface area contributed by atoms with Crippen LogP contribution in [0.15, 0.2) is 30.3 Å². The van der Waals surface area contributed by atoms with Gasteiger partial charge in [0.15, 0.2) is 6.19 Å². The number of amides is 1. The van der Waals surface area contributed by atoms with Crippen LogP contribution in [-0.4, -0.2) is 40.2 Å². The molecule has 0 bridgehead atoms. The molecule has 0 radical (unpaired) electrons. The van der Waals surface area contributed by atoms with Gasteiger partial charge in [0.25, 0.3) is 5.78 Å². The first kappa shape index (κ1) is 19.8. The maximum Gasteiger partial charge on any atom is 0.441 e. The third-order valence-electron chi connectivity index (χ3n) is 4.52. The molecular weight excluding hydrogens is 350 g/mol. The summed E-state index contributed by atoms with van der Waals surface area (Å²) < 4.78 is 5.02. The van der Waals surface area contributed by atoms with Crippen molar-refractivity contribution >= 4 is 23.4 Å². The van der Waals surface area contributed by atoms with Crippen molar-refractivity contribution in [1.29, 1.82) is 5.26 Å². The summed E-state index contributed by atoms with van der Waals surface area (Å²) in [7, 11) is 0. The number of hydrogen-bond donors (Lipinski definition) is 2. The van der Waals surface area contributed by atoms with Crippen LogP contribution in [0.2, 0.25) is 0 Å². The highest BCUT2D eigenvalue weighted by Gasteiger charge is 2.50. The van der Waals surface area contributed by atoms with Crippen LogP contribution in [0.25, 0.3) is 5.53 Å². The second kappa shape index (κ2) is 8.74. The van der Waals surface area contributed by atoms with Gasteiger partial charge in [-0.25, -0.2) is 4.79 Å². The van der Waals surface area contributed by atoms with Crippen LogP contribution in [0.3, 0.4) is 0 Å². The number of hydrogen-bond acceptors (Lipinski definition) is 6. The summed E-state index contributed by atoms with van der Waals surface area (Å²) in [6, 6.07) is 7.75. The van der Waals surface area contributed by atoms with E-state index in [1.54, 1.807) is 37.4 Å². The molecule has 0 spiro atoms. The molecular formula is C18H19N5O4. The van der Waals surface area contributed by atoms with E-state index in [9.17, 15) is 14.4 Å². The fourth-order valence-electron chi connectivity index (χ4n) is 2.94. The molecule has 1 amide bonds. The van der Waals surface area contributed by atoms with E-state index in [0.29, 0.717) is 5.56 Å². The molecule has 1 saturated heterocycles. The van der Waals surface area contributed by atoms with Crippen LogP contribution in [-0.2, 0) is 25.7 Å². The summed E-state index contributed by atoms with van der Waals surface area (Å²) in [6.45, 7) is 3.08. The second-order valence-electron chi connectivity index (χ2n) is 6.27. The Morgan fingerprint density at radius 1 is 1.37 bits per heavy atom. The van der Waals surface area contributed by atoms with Crippen LogP contribution in [0.1, 0.15) is 19.4 Å². The lowest BCUT2D eigenvalue weighted by Crippen LogP contribution is -2.67. The summed E-state index contributed by atoms with van der Waals surface area (Å²) in [6.07, 6.45) is 1.76. The summed E-state index contributed by atoms with van der Waals surface area (Å²) in [4.78, 5) is 39.3. The zero-order valence-electron chi connectivity index (χ0n) is 14.9. The van der Waals surface area contributed by atoms with Crippen LogP contribution in [0.4, 0.5) is 0 Å². The maximum absolute atomic E-state index is 12.6. The summed E-state index contributed by atoms with van der Waals surface area (Å²) in [5.41, 5.74) is 9.10. The Kier molecular flexibility index (Phi) is 6.41. The van der Waals surface area contributed by atoms with Gasteiger partial charge in [0.1, 0.15) is 6.61 Å². The minimum Gasteiger partial charge on any atom is -0.452 e. The number of esters is 1. The third-order valence-corrected chi connectivity index (χ3v) is 4.52. The molecule has 4 atom stereocenters. The average Bonchev–Trinajstić information content (AvgIpc) is 2.65. The highest BCUT2D eigenvalue weighted by molar-refractivity contribution is 6.62. The quantitative estimate of drug-likeness (QED) is 0.0977. The van der Waals surface area contributed by atoms with Crippen molar-refractivity contribution in [2.75, 3.05) is 0 Å². The summed E-state index contributed by atoms with van der Waals surface area (Å²) in [5.74, 6) is -3.57. The van der Waals surface area contributed by atoms with E-state index in [0.717, 1.165) is 0 Å². The number of rotatable bonds is 8. The van der Waals surface area contributed by atoms with Gasteiger partial charge in [-0.1, -0.05) is 37.3 Å². The number of ether oxygens (including phenoxy) is 1. The first-order valence-corrected chi connectivity index (χ1v) is 8.33. The van der Waals surface area contributed by atoms with E-state index in [1.165, 1.54) is 6.92 Å². The number of ketones is 1. The van der Waals surface area contributed by atoms with Crippen molar-refractivity contribution in [3.8, 4) is 6.19 Å². The van der Waals surface area contributed by atoms with E-state index in [4.69, 9.17) is 15.5 Å². The van der Waals surface area contributed by atoms with Crippen molar-refractivity contribution in [1.82, 2.24) is 10.6 Å². The van der Waals surface area contributed by atoms with Crippen LogP contribution < -0.4 is 10.6 Å². The predicted octanol–water partition coefficient (Wildman–Crippen LogP) is 0.180. The first-order valence-electron chi connectivity index (χ1n) is 8.33. The number of nitriles is 1. The van der Waals surface area contributed by atoms with Gasteiger partial charge in [-0.05, 0) is 12.5 Å². The molecule has 1 aromatic rings. The Hall–Kier alpha value is -3.50. The molecule has 1 aliphatic heterocycles. The lowest BCUT2D eigenvalue weighted by Gasteiger charge is -2.42. The fraction of sp³-hybridized carbons (Fsp3) is 0.389. The van der Waals surface area contributed by atoms with E-state index in [1.807, 2.05) is 6.07 Å². The van der Waals surface area contributed by atoms with Crippen molar-refractivity contribution in [3.63, 3.8) is 0 Å². The topological polar surface area (TPSA) is 145 Å². The molecule has 2 rings (SSSR count). The number of Topliss-reactive ketones (excluding diaryl/α,β-unsaturated/α-hetero) is 1. The van der Waals surface area contributed by atoms with Crippen molar-refractivity contribution in [3.05, 3.63) is 41.4 Å². The number of carbonyl (C=O) groups excluding carboxylic acids is 3.